The molecule has 0 atom stereocenters. The number of amides is 2. The molecule has 0 bridgehead atoms. The van der Waals surface area contributed by atoms with Crippen LogP contribution in [-0.4, -0.2) is 84.9 Å². The zero-order chi connectivity index (χ0) is 18.9. The fourth-order valence-corrected chi connectivity index (χ4v) is 3.74. The Labute approximate surface area is 156 Å². The van der Waals surface area contributed by atoms with Crippen LogP contribution in [0, 0.1) is 5.92 Å². The number of rotatable bonds is 6. The molecular formula is C19H33N3O4. The van der Waals surface area contributed by atoms with Gasteiger partial charge < -0.3 is 14.5 Å². The van der Waals surface area contributed by atoms with Gasteiger partial charge in [0, 0.05) is 51.6 Å². The van der Waals surface area contributed by atoms with Crippen LogP contribution in [0.25, 0.3) is 0 Å². The molecule has 2 amide bonds. The zero-order valence-corrected chi connectivity index (χ0v) is 16.2. The summed E-state index contributed by atoms with van der Waals surface area (Å²) in [4.78, 5) is 42.4. The first kappa shape index (κ1) is 20.7. The predicted molar refractivity (Wildman–Crippen MR) is 98.5 cm³/mol. The van der Waals surface area contributed by atoms with Gasteiger partial charge >= 0.3 is 5.97 Å². The van der Waals surface area contributed by atoms with Crippen molar-refractivity contribution < 1.29 is 19.1 Å². The van der Waals surface area contributed by atoms with Crippen LogP contribution in [0.1, 0.15) is 46.0 Å². The monoisotopic (exact) mass is 367 g/mol. The first-order chi connectivity index (χ1) is 12.5. The molecule has 148 valence electrons. The molecule has 2 heterocycles. The molecule has 0 aliphatic carbocycles. The van der Waals surface area contributed by atoms with Gasteiger partial charge in [0.05, 0.1) is 13.2 Å². The quantitative estimate of drug-likeness (QED) is 0.658. The van der Waals surface area contributed by atoms with Gasteiger partial charge in [-0.1, -0.05) is 6.92 Å². The fraction of sp³-hybridized carbons (Fsp3) is 0.842. The van der Waals surface area contributed by atoms with Gasteiger partial charge in [0.1, 0.15) is 0 Å². The molecule has 7 nitrogen and oxygen atoms in total. The number of hydrogen-bond donors (Lipinski definition) is 0. The Morgan fingerprint density at radius 2 is 1.65 bits per heavy atom. The van der Waals surface area contributed by atoms with Gasteiger partial charge in [-0.15, -0.1) is 0 Å². The average Bonchev–Trinajstić information content (AvgIpc) is 2.87. The largest absolute Gasteiger partial charge is 0.465 e. The van der Waals surface area contributed by atoms with Crippen LogP contribution in [-0.2, 0) is 19.1 Å². The lowest BCUT2D eigenvalue weighted by molar-refractivity contribution is -0.144. The van der Waals surface area contributed by atoms with Gasteiger partial charge in [-0.05, 0) is 32.6 Å². The summed E-state index contributed by atoms with van der Waals surface area (Å²) in [6.07, 6.45) is 3.86. The summed E-state index contributed by atoms with van der Waals surface area (Å²) in [5, 5.41) is 0. The van der Waals surface area contributed by atoms with E-state index < -0.39 is 0 Å². The van der Waals surface area contributed by atoms with Gasteiger partial charge in [-0.3, -0.25) is 19.3 Å². The summed E-state index contributed by atoms with van der Waals surface area (Å²) in [5.74, 6) is 0.252. The van der Waals surface area contributed by atoms with Crippen LogP contribution in [0.4, 0.5) is 0 Å². The smallest absolute Gasteiger partial charge is 0.320 e. The highest BCUT2D eigenvalue weighted by atomic mass is 16.5. The van der Waals surface area contributed by atoms with Gasteiger partial charge in [-0.2, -0.15) is 0 Å². The van der Waals surface area contributed by atoms with E-state index in [-0.39, 0.29) is 23.7 Å². The first-order valence-corrected chi connectivity index (χ1v) is 9.99. The summed E-state index contributed by atoms with van der Waals surface area (Å²) >= 11 is 0. The maximum absolute atomic E-state index is 12.9. The lowest BCUT2D eigenvalue weighted by atomic mass is 9.95. The second kappa shape index (κ2) is 10.5. The number of likely N-dealkylation sites (tertiary alicyclic amines) is 1. The van der Waals surface area contributed by atoms with E-state index in [1.54, 1.807) is 0 Å². The highest BCUT2D eigenvalue weighted by Gasteiger charge is 2.31. The third-order valence-electron chi connectivity index (χ3n) is 5.22. The van der Waals surface area contributed by atoms with Crippen molar-refractivity contribution in [2.24, 2.45) is 5.92 Å². The van der Waals surface area contributed by atoms with Crippen molar-refractivity contribution in [3.63, 3.8) is 0 Å². The molecule has 2 fully saturated rings. The summed E-state index contributed by atoms with van der Waals surface area (Å²) < 4.78 is 5.01. The van der Waals surface area contributed by atoms with E-state index in [4.69, 9.17) is 4.74 Å². The molecule has 2 aliphatic heterocycles. The van der Waals surface area contributed by atoms with Crippen LogP contribution >= 0.6 is 0 Å². The Bertz CT molecular complexity index is 489. The van der Waals surface area contributed by atoms with Crippen molar-refractivity contribution in [3.8, 4) is 0 Å². The Morgan fingerprint density at radius 3 is 2.31 bits per heavy atom. The minimum Gasteiger partial charge on any atom is -0.465 e. The SMILES string of the molecule is CCCC(=O)N1CCC(C(=O)N2CCCN(CC(=O)OCC)CC2)CC1. The maximum atomic E-state index is 12.9. The normalized spacial score (nSPS) is 19.9. The molecule has 7 heteroatoms. The van der Waals surface area contributed by atoms with Gasteiger partial charge in [0.2, 0.25) is 11.8 Å². The van der Waals surface area contributed by atoms with Crippen molar-refractivity contribution in [2.45, 2.75) is 46.0 Å². The number of carbonyl (C=O) groups is 3. The summed E-state index contributed by atoms with van der Waals surface area (Å²) in [6.45, 7) is 8.83. The van der Waals surface area contributed by atoms with Crippen LogP contribution in [0.15, 0.2) is 0 Å². The highest BCUT2D eigenvalue weighted by Crippen LogP contribution is 2.21. The van der Waals surface area contributed by atoms with Crippen molar-refractivity contribution in [1.29, 1.82) is 0 Å². The standard InChI is InChI=1S/C19H33N3O4/c1-3-6-17(23)21-11-7-16(8-12-21)19(25)22-10-5-9-20(13-14-22)15-18(24)26-4-2/h16H,3-15H2,1-2H3. The van der Waals surface area contributed by atoms with Crippen LogP contribution in [0.3, 0.4) is 0 Å². The highest BCUT2D eigenvalue weighted by molar-refractivity contribution is 5.80. The van der Waals surface area contributed by atoms with E-state index in [1.165, 1.54) is 0 Å². The fourth-order valence-electron chi connectivity index (χ4n) is 3.74. The number of piperidine rings is 1. The Morgan fingerprint density at radius 1 is 0.923 bits per heavy atom. The molecule has 0 aromatic heterocycles. The molecule has 2 saturated heterocycles. The van der Waals surface area contributed by atoms with E-state index in [1.807, 2.05) is 23.6 Å². The Balaban J connectivity index is 1.78. The number of esters is 1. The minimum atomic E-state index is -0.198. The lowest BCUT2D eigenvalue weighted by Crippen LogP contribution is -2.45. The Hall–Kier alpha value is -1.63. The number of nitrogens with zero attached hydrogens (tertiary/aromatic N) is 3. The van der Waals surface area contributed by atoms with Gasteiger partial charge in [0.25, 0.3) is 0 Å². The topological polar surface area (TPSA) is 70.2 Å². The Kier molecular flexibility index (Phi) is 8.35. The van der Waals surface area contributed by atoms with E-state index in [2.05, 4.69) is 4.90 Å². The third kappa shape index (κ3) is 5.97. The van der Waals surface area contributed by atoms with Crippen LogP contribution in [0.2, 0.25) is 0 Å². The molecule has 2 rings (SSSR count). The maximum Gasteiger partial charge on any atom is 0.320 e. The number of carbonyl (C=O) groups excluding carboxylic acids is 3. The van der Waals surface area contributed by atoms with Gasteiger partial charge in [0.15, 0.2) is 0 Å². The summed E-state index contributed by atoms with van der Waals surface area (Å²) in [5.41, 5.74) is 0. The molecular weight excluding hydrogens is 334 g/mol. The molecule has 0 aromatic carbocycles. The summed E-state index contributed by atoms with van der Waals surface area (Å²) in [7, 11) is 0. The van der Waals surface area contributed by atoms with Crippen molar-refractivity contribution in [3.05, 3.63) is 0 Å². The predicted octanol–water partition coefficient (Wildman–Crippen LogP) is 1.12. The van der Waals surface area contributed by atoms with E-state index in [0.29, 0.717) is 45.8 Å². The molecule has 0 radical (unpaired) electrons. The minimum absolute atomic E-state index is 0.0253. The molecule has 0 aromatic rings. The van der Waals surface area contributed by atoms with Crippen LogP contribution < -0.4 is 0 Å². The molecule has 2 aliphatic rings. The van der Waals surface area contributed by atoms with Crippen LogP contribution in [0.5, 0.6) is 0 Å². The van der Waals surface area contributed by atoms with E-state index in [0.717, 1.165) is 38.8 Å². The van der Waals surface area contributed by atoms with E-state index >= 15 is 0 Å². The third-order valence-corrected chi connectivity index (χ3v) is 5.22. The molecule has 26 heavy (non-hydrogen) atoms. The summed E-state index contributed by atoms with van der Waals surface area (Å²) in [6, 6.07) is 0. The number of hydrogen-bond acceptors (Lipinski definition) is 5. The number of ether oxygens (including phenoxy) is 1. The van der Waals surface area contributed by atoms with E-state index in [9.17, 15) is 14.4 Å². The average molecular weight is 367 g/mol. The molecule has 0 saturated carbocycles. The molecule has 0 unspecified atom stereocenters. The second-order valence-corrected chi connectivity index (χ2v) is 7.17. The second-order valence-electron chi connectivity index (χ2n) is 7.17. The first-order valence-electron chi connectivity index (χ1n) is 9.99. The van der Waals surface area contributed by atoms with Crippen molar-refractivity contribution >= 4 is 17.8 Å². The van der Waals surface area contributed by atoms with Crippen molar-refractivity contribution in [2.75, 3.05) is 52.4 Å². The molecule has 0 N–H and O–H groups in total. The van der Waals surface area contributed by atoms with Gasteiger partial charge in [-0.25, -0.2) is 0 Å². The zero-order valence-electron chi connectivity index (χ0n) is 16.2. The molecule has 0 spiro atoms. The lowest BCUT2D eigenvalue weighted by Gasteiger charge is -2.34. The van der Waals surface area contributed by atoms with Crippen molar-refractivity contribution in [1.82, 2.24) is 14.7 Å².